The van der Waals surface area contributed by atoms with Crippen LogP contribution in [0.1, 0.15) is 66.0 Å². The van der Waals surface area contributed by atoms with Gasteiger partial charge in [0, 0.05) is 38.3 Å². The normalized spacial score (nSPS) is 18.8. The summed E-state index contributed by atoms with van der Waals surface area (Å²) in [4.78, 5) is 18.3. The predicted molar refractivity (Wildman–Crippen MR) is 142 cm³/mol. The molecule has 0 N–H and O–H groups in total. The standard InChI is InChI=1S/C30H33F10N3O/c1-41(26(44)16-19-14-20(28(32,33)34)17-21(15-19)29(35,36)37)18-25(23-6-5-7-24(27(23)31)30(38,39)40)43-12-8-22(9-13-43)42-10-3-2-4-11-42/h5-7,14-15,17,22,25H,2-4,8-13,16,18H2,1H3. The van der Waals surface area contributed by atoms with Gasteiger partial charge in [-0.15, -0.1) is 0 Å². The van der Waals surface area contributed by atoms with Crippen molar-refractivity contribution in [2.75, 3.05) is 39.8 Å². The number of amides is 1. The van der Waals surface area contributed by atoms with Crippen molar-refractivity contribution >= 4 is 5.91 Å². The highest BCUT2D eigenvalue weighted by atomic mass is 19.4. The zero-order valence-corrected chi connectivity index (χ0v) is 23.9. The fraction of sp³-hybridized carbons (Fsp3) is 0.567. The zero-order chi connectivity index (χ0) is 32.4. The molecule has 2 fully saturated rings. The van der Waals surface area contributed by atoms with E-state index in [0.29, 0.717) is 44.1 Å². The van der Waals surface area contributed by atoms with Gasteiger partial charge in [0.2, 0.25) is 5.91 Å². The molecule has 2 saturated heterocycles. The lowest BCUT2D eigenvalue weighted by Crippen LogP contribution is -2.49. The van der Waals surface area contributed by atoms with Crippen LogP contribution >= 0.6 is 0 Å². The predicted octanol–water partition coefficient (Wildman–Crippen LogP) is 7.57. The molecular formula is C30H33F10N3O. The number of likely N-dealkylation sites (N-methyl/N-ethyl adjacent to an activating group) is 1. The maximum Gasteiger partial charge on any atom is 0.419 e. The minimum Gasteiger partial charge on any atom is -0.344 e. The molecule has 2 heterocycles. The molecule has 1 unspecified atom stereocenters. The summed E-state index contributed by atoms with van der Waals surface area (Å²) in [6.45, 7) is 2.34. The first-order chi connectivity index (χ1) is 20.4. The second-order valence-corrected chi connectivity index (χ2v) is 11.5. The van der Waals surface area contributed by atoms with Gasteiger partial charge in [-0.1, -0.05) is 18.6 Å². The van der Waals surface area contributed by atoms with Crippen LogP contribution in [0.2, 0.25) is 0 Å². The SMILES string of the molecule is CN(CC(c1cccc(C(F)(F)F)c1F)N1CCC(N2CCCCC2)CC1)C(=O)Cc1cc(C(F)(F)F)cc(C(F)(F)F)c1. The maximum atomic E-state index is 15.4. The molecule has 0 saturated carbocycles. The van der Waals surface area contributed by atoms with Crippen LogP contribution in [0.3, 0.4) is 0 Å². The smallest absolute Gasteiger partial charge is 0.344 e. The summed E-state index contributed by atoms with van der Waals surface area (Å²) in [5.74, 6) is -2.37. The number of hydrogen-bond donors (Lipinski definition) is 0. The van der Waals surface area contributed by atoms with Crippen molar-refractivity contribution in [2.45, 2.75) is 69.1 Å². The van der Waals surface area contributed by atoms with Gasteiger partial charge in [-0.3, -0.25) is 9.69 Å². The van der Waals surface area contributed by atoms with Gasteiger partial charge in [0.25, 0.3) is 0 Å². The highest BCUT2D eigenvalue weighted by Gasteiger charge is 2.39. The third kappa shape index (κ3) is 8.23. The monoisotopic (exact) mass is 641 g/mol. The third-order valence-corrected chi connectivity index (χ3v) is 8.42. The average molecular weight is 642 g/mol. The van der Waals surface area contributed by atoms with Crippen LogP contribution in [0.5, 0.6) is 0 Å². The lowest BCUT2D eigenvalue weighted by molar-refractivity contribution is -0.143. The molecule has 2 aliphatic rings. The van der Waals surface area contributed by atoms with E-state index in [1.165, 1.54) is 13.1 Å². The Bertz CT molecular complexity index is 1260. The molecule has 2 aromatic rings. The minimum atomic E-state index is -5.10. The van der Waals surface area contributed by atoms with Gasteiger partial charge >= 0.3 is 18.5 Å². The number of nitrogens with zero attached hydrogens (tertiary/aromatic N) is 3. The number of hydrogen-bond acceptors (Lipinski definition) is 3. The summed E-state index contributed by atoms with van der Waals surface area (Å²) in [7, 11) is 1.24. The van der Waals surface area contributed by atoms with E-state index < -0.39 is 65.0 Å². The van der Waals surface area contributed by atoms with E-state index in [0.717, 1.165) is 43.3 Å². The molecule has 44 heavy (non-hydrogen) atoms. The fourth-order valence-corrected chi connectivity index (χ4v) is 6.07. The van der Waals surface area contributed by atoms with Gasteiger partial charge in [0.15, 0.2) is 0 Å². The Labute approximate surface area is 248 Å². The number of halogens is 10. The van der Waals surface area contributed by atoms with Crippen LogP contribution in [0.15, 0.2) is 36.4 Å². The third-order valence-electron chi connectivity index (χ3n) is 8.42. The number of carbonyl (C=O) groups is 1. The zero-order valence-electron chi connectivity index (χ0n) is 23.9. The molecule has 0 spiro atoms. The summed E-state index contributed by atoms with van der Waals surface area (Å²) in [5, 5.41) is 0. The fourth-order valence-electron chi connectivity index (χ4n) is 6.07. The van der Waals surface area contributed by atoms with Crippen LogP contribution in [0, 0.1) is 5.82 Å². The summed E-state index contributed by atoms with van der Waals surface area (Å²) in [6, 6.07) is 2.95. The van der Waals surface area contributed by atoms with Crippen LogP contribution in [0.25, 0.3) is 0 Å². The van der Waals surface area contributed by atoms with E-state index in [4.69, 9.17) is 0 Å². The first-order valence-corrected chi connectivity index (χ1v) is 14.3. The van der Waals surface area contributed by atoms with E-state index in [1.54, 1.807) is 4.90 Å². The van der Waals surface area contributed by atoms with Crippen LogP contribution in [-0.2, 0) is 29.7 Å². The van der Waals surface area contributed by atoms with Crippen LogP contribution in [-0.4, -0.2) is 66.4 Å². The second-order valence-electron chi connectivity index (χ2n) is 11.5. The van der Waals surface area contributed by atoms with Crippen molar-refractivity contribution < 1.29 is 48.7 Å². The number of rotatable bonds is 7. The Hall–Kier alpha value is -2.87. The average Bonchev–Trinajstić information content (AvgIpc) is 2.95. The van der Waals surface area contributed by atoms with E-state index in [1.807, 2.05) is 0 Å². The Morgan fingerprint density at radius 2 is 1.41 bits per heavy atom. The Balaban J connectivity index is 1.58. The lowest BCUT2D eigenvalue weighted by atomic mass is 9.95. The summed E-state index contributed by atoms with van der Waals surface area (Å²) in [5.41, 5.74) is -5.44. The van der Waals surface area contributed by atoms with E-state index in [2.05, 4.69) is 4.90 Å². The quantitative estimate of drug-likeness (QED) is 0.292. The van der Waals surface area contributed by atoms with E-state index >= 15 is 4.39 Å². The van der Waals surface area contributed by atoms with Crippen molar-refractivity contribution in [3.05, 3.63) is 70.0 Å². The number of benzene rings is 2. The summed E-state index contributed by atoms with van der Waals surface area (Å²) < 4.78 is 136. The van der Waals surface area contributed by atoms with Gasteiger partial charge in [-0.2, -0.15) is 39.5 Å². The maximum absolute atomic E-state index is 15.4. The number of piperidine rings is 2. The summed E-state index contributed by atoms with van der Waals surface area (Å²) >= 11 is 0. The van der Waals surface area contributed by atoms with Gasteiger partial charge in [0.05, 0.1) is 29.2 Å². The first kappa shape index (κ1) is 34.0. The first-order valence-electron chi connectivity index (χ1n) is 14.3. The van der Waals surface area contributed by atoms with Gasteiger partial charge in [-0.05, 0) is 68.6 Å². The highest BCUT2D eigenvalue weighted by molar-refractivity contribution is 5.78. The molecule has 0 bridgehead atoms. The Kier molecular flexibility index (Phi) is 10.2. The molecule has 14 heteroatoms. The van der Waals surface area contributed by atoms with Crippen molar-refractivity contribution in [1.29, 1.82) is 0 Å². The van der Waals surface area contributed by atoms with Gasteiger partial charge in [0.1, 0.15) is 5.82 Å². The van der Waals surface area contributed by atoms with Gasteiger partial charge < -0.3 is 9.80 Å². The topological polar surface area (TPSA) is 26.8 Å². The molecule has 0 aromatic heterocycles. The molecule has 0 radical (unpaired) electrons. The largest absolute Gasteiger partial charge is 0.419 e. The molecular weight excluding hydrogens is 608 g/mol. The van der Waals surface area contributed by atoms with Crippen molar-refractivity contribution in [3.8, 4) is 0 Å². The van der Waals surface area contributed by atoms with Crippen molar-refractivity contribution in [1.82, 2.24) is 14.7 Å². The van der Waals surface area contributed by atoms with E-state index in [9.17, 15) is 44.3 Å². The molecule has 1 amide bonds. The molecule has 1 atom stereocenters. The Morgan fingerprint density at radius 1 is 0.841 bits per heavy atom. The molecule has 4 nitrogen and oxygen atoms in total. The Morgan fingerprint density at radius 3 is 1.93 bits per heavy atom. The number of carbonyl (C=O) groups excluding carboxylic acids is 1. The van der Waals surface area contributed by atoms with Crippen LogP contribution in [0.4, 0.5) is 43.9 Å². The minimum absolute atomic E-state index is 0.0440. The molecule has 244 valence electrons. The molecule has 2 aliphatic heterocycles. The highest BCUT2D eigenvalue weighted by Crippen LogP contribution is 2.38. The van der Waals surface area contributed by atoms with Crippen molar-refractivity contribution in [3.63, 3.8) is 0 Å². The number of likely N-dealkylation sites (tertiary alicyclic amines) is 2. The van der Waals surface area contributed by atoms with Gasteiger partial charge in [-0.25, -0.2) is 4.39 Å². The second kappa shape index (κ2) is 13.2. The molecule has 4 rings (SSSR count). The lowest BCUT2D eigenvalue weighted by Gasteiger charge is -2.43. The van der Waals surface area contributed by atoms with E-state index in [-0.39, 0.29) is 24.2 Å². The number of alkyl halides is 9. The van der Waals surface area contributed by atoms with Crippen molar-refractivity contribution in [2.24, 2.45) is 0 Å². The molecule has 2 aromatic carbocycles. The molecule has 0 aliphatic carbocycles. The van der Waals surface area contributed by atoms with Crippen LogP contribution < -0.4 is 0 Å². The summed E-state index contributed by atoms with van der Waals surface area (Å²) in [6.07, 6.45) is -11.4.